The summed E-state index contributed by atoms with van der Waals surface area (Å²) in [5.74, 6) is 0.696. The van der Waals surface area contributed by atoms with Gasteiger partial charge in [0.15, 0.2) is 5.82 Å². The molecule has 0 unspecified atom stereocenters. The Bertz CT molecular complexity index is 1370. The molecule has 1 amide bonds. The summed E-state index contributed by atoms with van der Waals surface area (Å²) >= 11 is 0. The van der Waals surface area contributed by atoms with E-state index < -0.39 is 11.7 Å². The number of ether oxygens (including phenoxy) is 1. The standard InChI is InChI=1S/C27H26FN5O2/c1-5-24-30-15-31-25(33-24)20-10-7-11-29-27(20)35-23-14-21(22(28)12-17(23)4)26(34)32-19-9-6-8-18(13-19)16(2)3/h6-16H,5H2,1-4H3,(H,32,34). The molecule has 0 spiro atoms. The van der Waals surface area contributed by atoms with Crippen molar-refractivity contribution in [1.82, 2.24) is 19.9 Å². The van der Waals surface area contributed by atoms with E-state index in [1.165, 1.54) is 18.5 Å². The first-order chi connectivity index (χ1) is 16.9. The zero-order chi connectivity index (χ0) is 24.9. The molecule has 2 heterocycles. The second-order valence-corrected chi connectivity index (χ2v) is 8.37. The number of carbonyl (C=O) groups excluding carboxylic acids is 1. The number of aromatic nitrogens is 4. The van der Waals surface area contributed by atoms with Crippen LogP contribution in [0.2, 0.25) is 0 Å². The maximum absolute atomic E-state index is 14.8. The first-order valence-corrected chi connectivity index (χ1v) is 11.4. The molecule has 8 heteroatoms. The minimum atomic E-state index is -0.640. The summed E-state index contributed by atoms with van der Waals surface area (Å²) in [6.07, 6.45) is 3.67. The number of carbonyl (C=O) groups is 1. The van der Waals surface area contributed by atoms with Crippen LogP contribution >= 0.6 is 0 Å². The van der Waals surface area contributed by atoms with Crippen LogP contribution in [0.5, 0.6) is 11.6 Å². The normalized spacial score (nSPS) is 10.9. The molecular formula is C27H26FN5O2. The molecule has 0 saturated heterocycles. The SMILES string of the molecule is CCc1ncnc(-c2cccnc2Oc2cc(C(=O)Nc3cccc(C(C)C)c3)c(F)cc2C)n1. The van der Waals surface area contributed by atoms with Gasteiger partial charge < -0.3 is 10.1 Å². The Hall–Kier alpha value is -4.20. The van der Waals surface area contributed by atoms with Gasteiger partial charge in [-0.3, -0.25) is 4.79 Å². The Morgan fingerprint density at radius 3 is 2.69 bits per heavy atom. The highest BCUT2D eigenvalue weighted by atomic mass is 19.1. The first kappa shape index (κ1) is 23.9. The number of nitrogens with one attached hydrogen (secondary N) is 1. The molecule has 0 aliphatic rings. The molecule has 2 aromatic carbocycles. The lowest BCUT2D eigenvalue weighted by atomic mass is 10.0. The van der Waals surface area contributed by atoms with Crippen molar-refractivity contribution in [3.8, 4) is 23.0 Å². The topological polar surface area (TPSA) is 89.9 Å². The van der Waals surface area contributed by atoms with Crippen molar-refractivity contribution in [3.63, 3.8) is 0 Å². The summed E-state index contributed by atoms with van der Waals surface area (Å²) in [5.41, 5.74) is 2.61. The summed E-state index contributed by atoms with van der Waals surface area (Å²) in [5, 5.41) is 2.78. The van der Waals surface area contributed by atoms with Gasteiger partial charge in [0.2, 0.25) is 5.88 Å². The van der Waals surface area contributed by atoms with Crippen LogP contribution < -0.4 is 10.1 Å². The fraction of sp³-hybridized carbons (Fsp3) is 0.222. The molecule has 35 heavy (non-hydrogen) atoms. The Morgan fingerprint density at radius 1 is 1.09 bits per heavy atom. The second-order valence-electron chi connectivity index (χ2n) is 8.37. The van der Waals surface area contributed by atoms with Crippen LogP contribution in [0, 0.1) is 12.7 Å². The van der Waals surface area contributed by atoms with Gasteiger partial charge in [-0.1, -0.05) is 32.9 Å². The van der Waals surface area contributed by atoms with Gasteiger partial charge in [0.05, 0.1) is 11.1 Å². The van der Waals surface area contributed by atoms with E-state index in [1.54, 1.807) is 31.3 Å². The van der Waals surface area contributed by atoms with Crippen molar-refractivity contribution in [1.29, 1.82) is 0 Å². The van der Waals surface area contributed by atoms with E-state index >= 15 is 0 Å². The molecule has 4 aromatic rings. The average molecular weight is 472 g/mol. The van der Waals surface area contributed by atoms with Crippen LogP contribution in [0.3, 0.4) is 0 Å². The zero-order valence-electron chi connectivity index (χ0n) is 20.0. The van der Waals surface area contributed by atoms with Gasteiger partial charge in [-0.15, -0.1) is 0 Å². The van der Waals surface area contributed by atoms with Gasteiger partial charge in [0.25, 0.3) is 5.91 Å². The largest absolute Gasteiger partial charge is 0.438 e. The minimum Gasteiger partial charge on any atom is -0.438 e. The molecule has 0 atom stereocenters. The number of halogens is 1. The van der Waals surface area contributed by atoms with E-state index in [1.807, 2.05) is 25.1 Å². The van der Waals surface area contributed by atoms with Gasteiger partial charge in [-0.25, -0.2) is 24.3 Å². The van der Waals surface area contributed by atoms with Crippen LogP contribution in [0.25, 0.3) is 11.4 Å². The molecule has 7 nitrogen and oxygen atoms in total. The predicted octanol–water partition coefficient (Wildman–Crippen LogP) is 6.11. The number of anilines is 1. The Morgan fingerprint density at radius 2 is 1.91 bits per heavy atom. The highest BCUT2D eigenvalue weighted by Crippen LogP contribution is 2.32. The van der Waals surface area contributed by atoms with Gasteiger partial charge >= 0.3 is 0 Å². The van der Waals surface area contributed by atoms with Crippen LogP contribution in [0.4, 0.5) is 10.1 Å². The lowest BCUT2D eigenvalue weighted by Crippen LogP contribution is -2.14. The van der Waals surface area contributed by atoms with Crippen molar-refractivity contribution in [2.45, 2.75) is 40.0 Å². The van der Waals surface area contributed by atoms with E-state index in [2.05, 4.69) is 39.1 Å². The molecule has 0 radical (unpaired) electrons. The number of hydrogen-bond donors (Lipinski definition) is 1. The number of hydrogen-bond acceptors (Lipinski definition) is 6. The van der Waals surface area contributed by atoms with E-state index in [-0.39, 0.29) is 11.4 Å². The third-order valence-corrected chi connectivity index (χ3v) is 5.48. The molecule has 0 aliphatic carbocycles. The van der Waals surface area contributed by atoms with Gasteiger partial charge in [0, 0.05) is 18.3 Å². The Labute approximate surface area is 203 Å². The van der Waals surface area contributed by atoms with Crippen LogP contribution in [-0.2, 0) is 6.42 Å². The fourth-order valence-electron chi connectivity index (χ4n) is 3.49. The fourth-order valence-corrected chi connectivity index (χ4v) is 3.49. The summed E-state index contributed by atoms with van der Waals surface area (Å²) in [7, 11) is 0. The van der Waals surface area contributed by atoms with Crippen LogP contribution in [-0.4, -0.2) is 25.8 Å². The second kappa shape index (κ2) is 10.4. The monoisotopic (exact) mass is 471 g/mol. The first-order valence-electron chi connectivity index (χ1n) is 11.4. The summed E-state index contributed by atoms with van der Waals surface area (Å²) in [6.45, 7) is 7.78. The number of nitrogens with zero attached hydrogens (tertiary/aromatic N) is 4. The minimum absolute atomic E-state index is 0.133. The molecule has 0 aliphatic heterocycles. The molecule has 0 saturated carbocycles. The highest BCUT2D eigenvalue weighted by Gasteiger charge is 2.19. The van der Waals surface area contributed by atoms with E-state index in [0.29, 0.717) is 46.6 Å². The van der Waals surface area contributed by atoms with E-state index in [4.69, 9.17) is 4.74 Å². The van der Waals surface area contributed by atoms with Crippen molar-refractivity contribution >= 4 is 11.6 Å². The molecule has 1 N–H and O–H groups in total. The molecular weight excluding hydrogens is 445 g/mol. The predicted molar refractivity (Wildman–Crippen MR) is 132 cm³/mol. The summed E-state index contributed by atoms with van der Waals surface area (Å²) in [4.78, 5) is 30.1. The van der Waals surface area contributed by atoms with Crippen LogP contribution in [0.1, 0.15) is 54.0 Å². The highest BCUT2D eigenvalue weighted by molar-refractivity contribution is 6.04. The van der Waals surface area contributed by atoms with Crippen molar-refractivity contribution in [3.05, 3.63) is 89.4 Å². The van der Waals surface area contributed by atoms with Crippen molar-refractivity contribution < 1.29 is 13.9 Å². The number of rotatable bonds is 7. The number of pyridine rings is 1. The zero-order valence-corrected chi connectivity index (χ0v) is 20.0. The number of benzene rings is 2. The van der Waals surface area contributed by atoms with Gasteiger partial charge in [-0.05, 0) is 60.4 Å². The third kappa shape index (κ3) is 5.48. The number of amides is 1. The Balaban J connectivity index is 1.64. The van der Waals surface area contributed by atoms with Gasteiger partial charge in [0.1, 0.15) is 23.7 Å². The van der Waals surface area contributed by atoms with Crippen LogP contribution in [0.15, 0.2) is 61.1 Å². The lowest BCUT2D eigenvalue weighted by molar-refractivity contribution is 0.102. The van der Waals surface area contributed by atoms with Crippen molar-refractivity contribution in [2.24, 2.45) is 0 Å². The smallest absolute Gasteiger partial charge is 0.258 e. The molecule has 4 rings (SSSR count). The van der Waals surface area contributed by atoms with E-state index in [0.717, 1.165) is 5.56 Å². The van der Waals surface area contributed by atoms with Gasteiger partial charge in [-0.2, -0.15) is 0 Å². The number of aryl methyl sites for hydroxylation is 2. The van der Waals surface area contributed by atoms with Crippen molar-refractivity contribution in [2.75, 3.05) is 5.32 Å². The summed E-state index contributed by atoms with van der Waals surface area (Å²) in [6, 6.07) is 13.7. The molecule has 2 aromatic heterocycles. The third-order valence-electron chi connectivity index (χ3n) is 5.48. The molecule has 178 valence electrons. The maximum Gasteiger partial charge on any atom is 0.258 e. The maximum atomic E-state index is 14.8. The quantitative estimate of drug-likeness (QED) is 0.350. The lowest BCUT2D eigenvalue weighted by Gasteiger charge is -2.14. The Kier molecular flexibility index (Phi) is 7.10. The summed E-state index contributed by atoms with van der Waals surface area (Å²) < 4.78 is 20.9. The molecule has 0 bridgehead atoms. The van der Waals surface area contributed by atoms with E-state index in [9.17, 15) is 9.18 Å². The molecule has 0 fully saturated rings. The average Bonchev–Trinajstić information content (AvgIpc) is 2.86.